The molecule has 4 bridgehead atoms. The number of Topliss-reactive ketones (excluding diaryl/α,β-unsaturated/α-hetero) is 3. The summed E-state index contributed by atoms with van der Waals surface area (Å²) in [4.78, 5) is 176. The number of carbonyl (C=O) groups excluding carboxylic acids is 12. The molecule has 0 unspecified atom stereocenters. The summed E-state index contributed by atoms with van der Waals surface area (Å²) < 4.78 is 42.3. The van der Waals surface area contributed by atoms with Crippen LogP contribution in [0.2, 0.25) is 1.41 Å². The summed E-state index contributed by atoms with van der Waals surface area (Å²) in [6, 6.07) is 6.88. The van der Waals surface area contributed by atoms with Gasteiger partial charge in [0.2, 0.25) is 41.2 Å². The SMILES string of the molecule is C.C#CCN(CCCCCCN1C(=O)[C@@H]2[C@H](C1=O)[C@H]1C=C[C@@H]2C1)C(=O)CCC(=O)CCCO.CO.CO.COc1cccc2c1C(=O)c1c(O)c3c(c(O)c1C2=O)C[C@@](O)(C(=O)CO)C[C@@H]3O[C@H]1C[C@H](NC(=O)OCc2cc(OCCCn3cc(CN(CCCCCCN4C(=O)[C@@H]5[C@H](C4=O)[C@H]4C=C[C@@H]5C4)C(=O)CCC(=O)CCCO)nn3)ccc2[N+](=O)[O-])[C@H](O)[C@H](C)O1.[2H]CC.[2H]N=[N+]=[N-]. The van der Waals surface area contributed by atoms with E-state index in [9.17, 15) is 93.2 Å². The molecule has 3 saturated heterocycles. The number of nitro groups is 1. The number of azide groups is 1. The van der Waals surface area contributed by atoms with Crippen LogP contribution < -0.4 is 14.8 Å². The number of likely N-dealkylation sites (tertiary alicyclic amines) is 2. The highest BCUT2D eigenvalue weighted by atomic mass is 16.7. The van der Waals surface area contributed by atoms with Crippen LogP contribution in [0.25, 0.3) is 10.4 Å². The molecule has 4 aromatic rings. The number of benzene rings is 3. The fourth-order valence-corrected chi connectivity index (χ4v) is 18.8. The zero-order valence-corrected chi connectivity index (χ0v) is 74.9. The topological polar surface area (TPSA) is 592 Å². The predicted molar refractivity (Wildman–Crippen MR) is 476 cm³/mol. The molecule has 6 aliphatic carbocycles. The summed E-state index contributed by atoms with van der Waals surface area (Å²) in [7, 11) is 3.27. The number of amides is 7. The number of nitro benzene ring substituents is 1. The number of aromatic nitrogens is 3. The van der Waals surface area contributed by atoms with E-state index >= 15 is 0 Å². The number of nitrogens with zero attached hydrogens (tertiary/aromatic N) is 10. The number of allylic oxidation sites excluding steroid dienone is 4. The third-order valence-corrected chi connectivity index (χ3v) is 25.1. The largest absolute Gasteiger partial charge is 0.507 e. The Kier molecular flexibility index (Phi) is 41.1. The van der Waals surface area contributed by atoms with Gasteiger partial charge in [-0.3, -0.25) is 77.3 Å². The number of unbranched alkanes of at least 4 members (excludes halogenated alkanes) is 6. The molecule has 5 fully saturated rings. The molecule has 9 aliphatic rings. The van der Waals surface area contributed by atoms with E-state index in [1.165, 1.54) is 60.2 Å². The van der Waals surface area contributed by atoms with Crippen molar-refractivity contribution < 1.29 is 135 Å². The van der Waals surface area contributed by atoms with Crippen LogP contribution in [0.3, 0.4) is 0 Å². The summed E-state index contributed by atoms with van der Waals surface area (Å²) >= 11 is 0. The zero-order valence-electron chi connectivity index (χ0n) is 76.9. The second-order valence-corrected chi connectivity index (χ2v) is 33.2. The Bertz CT molecular complexity index is 4940. The normalized spacial score (nSPS) is 23.1. The van der Waals surface area contributed by atoms with E-state index < -0.39 is 119 Å². The second kappa shape index (κ2) is 52.0. The number of ether oxygens (including phenoxy) is 5. The molecule has 13 rings (SSSR count). The first-order chi connectivity index (χ1) is 64.4. The molecule has 3 aliphatic heterocycles. The van der Waals surface area contributed by atoms with Crippen molar-refractivity contribution in [2.45, 2.75) is 225 Å². The Hall–Kier alpha value is -11.8. The summed E-state index contributed by atoms with van der Waals surface area (Å²) in [6.45, 7) is 4.28. The molecule has 40 heteroatoms. The average molecular weight is 1860 g/mol. The van der Waals surface area contributed by atoms with E-state index in [1.807, 2.05) is 4.91 Å². The van der Waals surface area contributed by atoms with Crippen LogP contribution in [0.1, 0.15) is 225 Å². The van der Waals surface area contributed by atoms with Crippen LogP contribution in [0.5, 0.6) is 23.0 Å². The Morgan fingerprint density at radius 1 is 0.744 bits per heavy atom. The third-order valence-electron chi connectivity index (χ3n) is 25.1. The molecule has 11 N–H and O–H groups in total. The van der Waals surface area contributed by atoms with Gasteiger partial charge in [0.05, 0.1) is 102 Å². The van der Waals surface area contributed by atoms with Gasteiger partial charge in [0.15, 0.2) is 17.9 Å². The van der Waals surface area contributed by atoms with Gasteiger partial charge in [0.25, 0.3) is 5.69 Å². The van der Waals surface area contributed by atoms with Gasteiger partial charge >= 0.3 is 6.09 Å². The molecular weight excluding hydrogens is 1730 g/mol. The quantitative estimate of drug-likeness (QED) is 0.00172. The number of phenolic OH excluding ortho intramolecular Hbond substituents is 2. The van der Waals surface area contributed by atoms with Gasteiger partial charge in [-0.1, -0.05) is 94.5 Å². The lowest BCUT2D eigenvalue weighted by atomic mass is 9.72. The first kappa shape index (κ1) is 105. The molecule has 40 nitrogen and oxygen atoms in total. The number of rotatable bonds is 43. The number of aromatic hydroxyl groups is 2. The monoisotopic (exact) mass is 1860 g/mol. The number of aryl methyl sites for hydroxylation is 1. The van der Waals surface area contributed by atoms with E-state index in [1.54, 1.807) is 27.6 Å². The first-order valence-corrected chi connectivity index (χ1v) is 44.4. The average Bonchev–Trinajstić information content (AvgIpc) is 1.65. The van der Waals surface area contributed by atoms with Crippen LogP contribution in [0.15, 0.2) is 66.9 Å². The Labute approximate surface area is 773 Å². The number of hydrogen-bond donors (Lipinski definition) is 11. The minimum atomic E-state index is -2.45. The summed E-state index contributed by atoms with van der Waals surface area (Å²) in [6.07, 6.45) is 16.8. The van der Waals surface area contributed by atoms with Crippen molar-refractivity contribution in [3.63, 3.8) is 0 Å². The molecule has 4 heterocycles. The number of methoxy groups -OCH3 is 1. The third kappa shape index (κ3) is 26.2. The number of carbonyl (C=O) groups is 12. The van der Waals surface area contributed by atoms with Crippen molar-refractivity contribution in [1.29, 1.82) is 5.52 Å². The van der Waals surface area contributed by atoms with Crippen molar-refractivity contribution in [1.82, 2.24) is 39.9 Å². The van der Waals surface area contributed by atoms with Crippen LogP contribution in [0.4, 0.5) is 10.5 Å². The van der Waals surface area contributed by atoms with Gasteiger partial charge in [-0.2, -0.15) is 0 Å². The highest BCUT2D eigenvalue weighted by molar-refractivity contribution is 6.31. The van der Waals surface area contributed by atoms with Crippen LogP contribution in [-0.4, -0.2) is 267 Å². The molecule has 0 radical (unpaired) electrons. The highest BCUT2D eigenvalue weighted by Gasteiger charge is 2.61. The smallest absolute Gasteiger partial charge is 0.407 e. The van der Waals surface area contributed by atoms with Gasteiger partial charge in [-0.05, 0) is 111 Å². The number of fused-ring (bicyclic) bond motifs is 13. The van der Waals surface area contributed by atoms with Crippen molar-refractivity contribution in [2.24, 2.45) is 47.3 Å². The van der Waals surface area contributed by atoms with Crippen molar-refractivity contribution >= 4 is 76.1 Å². The lowest BCUT2D eigenvalue weighted by Crippen LogP contribution is -2.56. The maximum Gasteiger partial charge on any atom is 0.407 e. The number of ketones is 5. The van der Waals surface area contributed by atoms with Crippen molar-refractivity contribution in [3.8, 4) is 35.3 Å². The summed E-state index contributed by atoms with van der Waals surface area (Å²) in [5.41, 5.74) is 4.78. The number of nitrogens with one attached hydrogen (secondary N) is 2. The van der Waals surface area contributed by atoms with E-state index in [0.717, 1.165) is 65.6 Å². The summed E-state index contributed by atoms with van der Waals surface area (Å²) in [5, 5.41) is 111. The predicted octanol–water partition coefficient (Wildman–Crippen LogP) is 7.45. The van der Waals surface area contributed by atoms with Gasteiger partial charge in [-0.25, -0.2) is 4.79 Å². The van der Waals surface area contributed by atoms with E-state index in [4.69, 9.17) is 58.8 Å². The van der Waals surface area contributed by atoms with Gasteiger partial charge in [0.1, 0.15) is 66.6 Å². The Morgan fingerprint density at radius 2 is 1.28 bits per heavy atom. The Morgan fingerprint density at radius 3 is 1.80 bits per heavy atom. The molecule has 2 saturated carbocycles. The number of alkyl carbamates (subject to hydrolysis) is 1. The van der Waals surface area contributed by atoms with Gasteiger partial charge in [0, 0.05) is 148 Å². The summed E-state index contributed by atoms with van der Waals surface area (Å²) in [5.74, 6) is -2.35. The first-order valence-electron chi connectivity index (χ1n) is 45.5. The molecule has 726 valence electrons. The van der Waals surface area contributed by atoms with Gasteiger partial charge in [-0.15, -0.1) is 17.0 Å². The molecule has 0 spiro atoms. The fourth-order valence-electron chi connectivity index (χ4n) is 18.8. The molecule has 3 aromatic carbocycles. The number of phenols is 2. The van der Waals surface area contributed by atoms with Crippen molar-refractivity contribution in [3.05, 3.63) is 132 Å². The van der Waals surface area contributed by atoms with Crippen LogP contribution in [0, 0.1) is 75.3 Å². The number of aliphatic hydroxyl groups is 7. The number of hydrogen-bond acceptors (Lipinski definition) is 31. The van der Waals surface area contributed by atoms with Gasteiger partial charge < -0.3 is 84.8 Å². The number of imide groups is 2. The zero-order chi connectivity index (χ0) is 98.2. The second-order valence-electron chi connectivity index (χ2n) is 33.2. The van der Waals surface area contributed by atoms with Crippen molar-refractivity contribution in [2.75, 3.05) is 80.5 Å². The fraction of sp³-hybridized carbons (Fsp3) is 0.591. The lowest BCUT2D eigenvalue weighted by Gasteiger charge is -2.42. The van der Waals surface area contributed by atoms with E-state index in [-0.39, 0.29) is 213 Å². The van der Waals surface area contributed by atoms with E-state index in [2.05, 4.69) is 51.4 Å². The minimum absolute atomic E-state index is 0. The molecule has 1 aromatic heterocycles. The maximum absolute atomic E-state index is 14.1. The lowest BCUT2D eigenvalue weighted by molar-refractivity contribution is -0.385. The number of terminal acetylenes is 1. The standard InChI is InChI=1S/C63H73N7O21.C25H34N2O5.C2H6.2CH4O.CH4.HN3/c1-33-55(76)42(26-48(90-33)91-45-28-63(84,46(74)31-72)27-41-52(45)59(80)54-53(57(41)78)56(77)40-11-7-12-44(87-2)51(40)58(54)79)64-62(83)89-32-36-25-39(16-17-43(36)70(85)86)88-23-9-20-68-30-37(65-66-68)29-67(47(75)18-15-38(73)10-8-22-71)19-5-3-4-6-21-69-60(81)49-34-13-14-35(24-34)50(49)61(69)82;1-2-13-26(21(30)12-11-20(29)8-7-16-28)14-5-3-4-6-15-27-24(31)22-18-9-10-19(17-18)23(22)25(27)32;3*1-2;;1-3-2/h7,11-14,16-17,25,30,33-35,42,45,48-50,55,71-72,76,78,80,84H,3-6,8-10,15,18-24,26-29,31-32H2,1-2H3,(H,64,83);1,9-10,18-19,22-23,28H,3-8,11-17H2;1-2H3;2*2H,1H3;1H4;1H/t33-,34-,35+,42-,45-,48-,49+,50-,55+,63-;18-,19+,22+,23-;;;;;/m0....../s1/i;;1D;;;;/hD. The van der Waals surface area contributed by atoms with E-state index in [0.29, 0.717) is 83.8 Å². The van der Waals surface area contributed by atoms with Crippen LogP contribution in [-0.2, 0) is 83.5 Å². The molecule has 7 amide bonds. The molecular formula is C93H126N12O28. The number of aliphatic hydroxyl groups excluding tert-OH is 6. The molecule has 133 heavy (non-hydrogen) atoms. The highest BCUT2D eigenvalue weighted by Crippen LogP contribution is 2.56. The minimum Gasteiger partial charge on any atom is -0.507 e. The Balaban J connectivity index is 0.000000468. The maximum atomic E-state index is 14.1. The molecule has 14 atom stereocenters. The van der Waals surface area contributed by atoms with Crippen LogP contribution >= 0.6 is 0 Å².